The first-order chi connectivity index (χ1) is 18.1. The van der Waals surface area contributed by atoms with Crippen LogP contribution in [0.5, 0.6) is 5.75 Å². The van der Waals surface area contributed by atoms with Gasteiger partial charge in [0.05, 0.1) is 17.6 Å². The first kappa shape index (κ1) is 25.4. The van der Waals surface area contributed by atoms with E-state index in [2.05, 4.69) is 9.97 Å². The van der Waals surface area contributed by atoms with Crippen molar-refractivity contribution in [2.45, 2.75) is 24.8 Å². The lowest BCUT2D eigenvalue weighted by Gasteiger charge is -2.22. The number of benzene rings is 3. The van der Waals surface area contributed by atoms with Crippen LogP contribution in [0.3, 0.4) is 0 Å². The maximum absolute atomic E-state index is 15.1. The van der Waals surface area contributed by atoms with Crippen molar-refractivity contribution >= 4 is 32.7 Å². The van der Waals surface area contributed by atoms with E-state index in [-0.39, 0.29) is 43.1 Å². The average molecular weight is 538 g/mol. The molecule has 0 saturated heterocycles. The molecule has 1 aliphatic rings. The van der Waals surface area contributed by atoms with Gasteiger partial charge in [0.2, 0.25) is 5.82 Å². The molecule has 3 aromatic carbocycles. The highest BCUT2D eigenvalue weighted by Crippen LogP contribution is 2.32. The summed E-state index contributed by atoms with van der Waals surface area (Å²) in [5.41, 5.74) is 3.68. The highest BCUT2D eigenvalue weighted by atomic mass is 32.2. The second-order valence-electron chi connectivity index (χ2n) is 9.05. The molecule has 0 atom stereocenters. The number of aromatic carboxylic acids is 1. The number of rotatable bonds is 5. The number of hydrogen-bond donors (Lipinski definition) is 2. The molecule has 0 spiro atoms. The van der Waals surface area contributed by atoms with Gasteiger partial charge in [0.1, 0.15) is 23.1 Å². The summed E-state index contributed by atoms with van der Waals surface area (Å²) >= 11 is 0. The molecule has 38 heavy (non-hydrogen) atoms. The van der Waals surface area contributed by atoms with Gasteiger partial charge in [-0.15, -0.1) is 0 Å². The summed E-state index contributed by atoms with van der Waals surface area (Å²) in [4.78, 5) is 32.7. The molecule has 2 heterocycles. The maximum Gasteiger partial charge on any atom is 0.371 e. The van der Waals surface area contributed by atoms with Crippen molar-refractivity contribution in [3.63, 3.8) is 0 Å². The Morgan fingerprint density at radius 3 is 2.58 bits per heavy atom. The lowest BCUT2D eigenvalue weighted by Crippen LogP contribution is -2.33. The third-order valence-electron chi connectivity index (χ3n) is 6.54. The number of carboxylic acid groups (broad SMARTS) is 1. The Balaban J connectivity index is 1.48. The average Bonchev–Trinajstić information content (AvgIpc) is 3.19. The number of fused-ring (bicyclic) bond motifs is 2. The largest absolute Gasteiger partial charge is 0.491 e. The van der Waals surface area contributed by atoms with E-state index in [1.54, 1.807) is 24.0 Å². The maximum atomic E-state index is 15.1. The number of carbonyl (C=O) groups is 2. The summed E-state index contributed by atoms with van der Waals surface area (Å²) in [6.45, 7) is 2.38. The first-order valence-corrected chi connectivity index (χ1v) is 13.8. The Bertz CT molecular complexity index is 1710. The molecule has 4 aromatic rings. The molecule has 5 rings (SSSR count). The fourth-order valence-electron chi connectivity index (χ4n) is 4.64. The lowest BCUT2D eigenvalue weighted by atomic mass is 10.0. The molecule has 9 nitrogen and oxygen atoms in total. The zero-order valence-corrected chi connectivity index (χ0v) is 21.4. The lowest BCUT2D eigenvalue weighted by molar-refractivity contribution is 0.0683. The zero-order chi connectivity index (χ0) is 27.2. The van der Waals surface area contributed by atoms with Crippen LogP contribution in [0, 0.1) is 5.82 Å². The Kier molecular flexibility index (Phi) is 6.39. The SMILES string of the molecule is CCc1c(C(=O)N2CCOc3ccc(-c4ccc5nc(C(=O)O)[nH]c5c4)cc3C2)ccc(S(C)(=O)=O)c1F. The van der Waals surface area contributed by atoms with Crippen LogP contribution in [0.2, 0.25) is 0 Å². The molecule has 1 aliphatic heterocycles. The molecule has 0 fully saturated rings. The van der Waals surface area contributed by atoms with Gasteiger partial charge < -0.3 is 19.7 Å². The summed E-state index contributed by atoms with van der Waals surface area (Å²) in [7, 11) is -3.78. The van der Waals surface area contributed by atoms with E-state index in [0.717, 1.165) is 29.0 Å². The van der Waals surface area contributed by atoms with Gasteiger partial charge in [-0.1, -0.05) is 19.1 Å². The van der Waals surface area contributed by atoms with Gasteiger partial charge in [-0.3, -0.25) is 4.79 Å². The Hall–Kier alpha value is -4.25. The van der Waals surface area contributed by atoms with E-state index in [0.29, 0.717) is 16.8 Å². The van der Waals surface area contributed by atoms with Crippen LogP contribution in [0.25, 0.3) is 22.2 Å². The van der Waals surface area contributed by atoms with Crippen molar-refractivity contribution in [2.75, 3.05) is 19.4 Å². The third-order valence-corrected chi connectivity index (χ3v) is 7.65. The first-order valence-electron chi connectivity index (χ1n) is 11.9. The minimum Gasteiger partial charge on any atom is -0.491 e. The van der Waals surface area contributed by atoms with Crippen molar-refractivity contribution in [2.24, 2.45) is 0 Å². The fraction of sp³-hybridized carbons (Fsp3) is 0.222. The highest BCUT2D eigenvalue weighted by molar-refractivity contribution is 7.90. The monoisotopic (exact) mass is 537 g/mol. The molecular weight excluding hydrogens is 513 g/mol. The van der Waals surface area contributed by atoms with Gasteiger partial charge in [-0.05, 0) is 53.9 Å². The summed E-state index contributed by atoms with van der Waals surface area (Å²) in [6.07, 6.45) is 1.09. The van der Waals surface area contributed by atoms with Crippen molar-refractivity contribution in [3.05, 3.63) is 76.9 Å². The van der Waals surface area contributed by atoms with E-state index in [4.69, 9.17) is 4.74 Å². The van der Waals surface area contributed by atoms with Gasteiger partial charge in [0.15, 0.2) is 9.84 Å². The summed E-state index contributed by atoms with van der Waals surface area (Å²) in [5, 5.41) is 9.19. The number of nitrogens with one attached hydrogen (secondary N) is 1. The number of aromatic amines is 1. The minimum absolute atomic E-state index is 0.0608. The van der Waals surface area contributed by atoms with Gasteiger partial charge in [0.25, 0.3) is 5.91 Å². The number of imidazole rings is 1. The second-order valence-corrected chi connectivity index (χ2v) is 11.0. The number of hydrogen-bond acceptors (Lipinski definition) is 6. The third kappa shape index (κ3) is 4.60. The number of carbonyl (C=O) groups excluding carboxylic acids is 1. The predicted octanol–water partition coefficient (Wildman–Crippen LogP) is 4.07. The number of sulfone groups is 1. The molecular formula is C27H24FN3O6S. The quantitative estimate of drug-likeness (QED) is 0.393. The molecule has 0 unspecified atom stereocenters. The van der Waals surface area contributed by atoms with Crippen LogP contribution >= 0.6 is 0 Å². The fourth-order valence-corrected chi connectivity index (χ4v) is 5.40. The number of H-pyrrole nitrogens is 1. The van der Waals surface area contributed by atoms with Gasteiger partial charge in [-0.2, -0.15) is 0 Å². The van der Waals surface area contributed by atoms with E-state index < -0.39 is 32.4 Å². The van der Waals surface area contributed by atoms with Gasteiger partial charge in [-0.25, -0.2) is 22.6 Å². The molecule has 1 aromatic heterocycles. The minimum atomic E-state index is -3.78. The molecule has 2 N–H and O–H groups in total. The molecule has 0 bridgehead atoms. The van der Waals surface area contributed by atoms with Crippen LogP contribution in [0.4, 0.5) is 4.39 Å². The van der Waals surface area contributed by atoms with Crippen molar-refractivity contribution in [1.29, 1.82) is 0 Å². The number of aromatic nitrogens is 2. The van der Waals surface area contributed by atoms with Crippen LogP contribution < -0.4 is 4.74 Å². The Labute approximate surface area is 217 Å². The van der Waals surface area contributed by atoms with E-state index in [1.165, 1.54) is 6.07 Å². The standard InChI is InChI=1S/C27H24FN3O6S/c1-3-18-19(6-9-23(24(18)28)38(2,35)36)26(32)31-10-11-37-22-8-5-15(12-17(22)14-31)16-4-7-20-21(13-16)30-25(29-20)27(33)34/h4-9,12-13H,3,10-11,14H2,1-2H3,(H,29,30)(H,33,34). The Morgan fingerprint density at radius 1 is 1.13 bits per heavy atom. The number of amides is 1. The van der Waals surface area contributed by atoms with Crippen molar-refractivity contribution < 1.29 is 32.2 Å². The molecule has 1 amide bonds. The number of nitrogens with zero attached hydrogens (tertiary/aromatic N) is 2. The highest BCUT2D eigenvalue weighted by Gasteiger charge is 2.27. The van der Waals surface area contributed by atoms with E-state index in [1.807, 2.05) is 24.3 Å². The van der Waals surface area contributed by atoms with Crippen LogP contribution in [-0.2, 0) is 22.8 Å². The molecule has 11 heteroatoms. The molecule has 196 valence electrons. The van der Waals surface area contributed by atoms with Gasteiger partial charge in [0, 0.05) is 29.5 Å². The topological polar surface area (TPSA) is 130 Å². The zero-order valence-electron chi connectivity index (χ0n) is 20.6. The number of halogens is 1. The number of carboxylic acids is 1. The molecule has 0 radical (unpaired) electrons. The van der Waals surface area contributed by atoms with E-state index >= 15 is 4.39 Å². The summed E-state index contributed by atoms with van der Waals surface area (Å²) in [5.74, 6) is -1.98. The smallest absolute Gasteiger partial charge is 0.371 e. The Morgan fingerprint density at radius 2 is 1.87 bits per heavy atom. The van der Waals surface area contributed by atoms with Gasteiger partial charge >= 0.3 is 5.97 Å². The molecule has 0 aliphatic carbocycles. The van der Waals surface area contributed by atoms with E-state index in [9.17, 15) is 23.1 Å². The second kappa shape index (κ2) is 9.56. The van der Waals surface area contributed by atoms with Crippen molar-refractivity contribution in [1.82, 2.24) is 14.9 Å². The molecule has 0 saturated carbocycles. The van der Waals surface area contributed by atoms with Crippen molar-refractivity contribution in [3.8, 4) is 16.9 Å². The predicted molar refractivity (Wildman–Crippen MR) is 138 cm³/mol. The summed E-state index contributed by atoms with van der Waals surface area (Å²) in [6, 6.07) is 13.5. The van der Waals surface area contributed by atoms with Crippen LogP contribution in [0.1, 0.15) is 39.0 Å². The van der Waals surface area contributed by atoms with Crippen LogP contribution in [-0.4, -0.2) is 59.7 Å². The van der Waals surface area contributed by atoms with Crippen LogP contribution in [0.15, 0.2) is 53.4 Å². The summed E-state index contributed by atoms with van der Waals surface area (Å²) < 4.78 is 44.8. The normalized spacial score (nSPS) is 13.6. The number of ether oxygens (including phenoxy) is 1.